The lowest BCUT2D eigenvalue weighted by atomic mass is 10.0. The van der Waals surface area contributed by atoms with E-state index in [-0.39, 0.29) is 18.0 Å². The second-order valence-corrected chi connectivity index (χ2v) is 6.65. The first kappa shape index (κ1) is 17.4. The number of nitrogens with zero attached hydrogens (tertiary/aromatic N) is 5. The highest BCUT2D eigenvalue weighted by Crippen LogP contribution is 2.27. The Labute approximate surface area is 149 Å². The molecule has 132 valence electrons. The average Bonchev–Trinajstić information content (AvgIpc) is 2.63. The van der Waals surface area contributed by atoms with Crippen molar-refractivity contribution in [2.24, 2.45) is 0 Å². The lowest BCUT2D eigenvalue weighted by Gasteiger charge is -2.43. The summed E-state index contributed by atoms with van der Waals surface area (Å²) in [5.74, 6) is 1.01. The van der Waals surface area contributed by atoms with Crippen molar-refractivity contribution >= 4 is 11.7 Å². The molecule has 25 heavy (non-hydrogen) atoms. The number of carbonyl (C=O) groups is 1. The van der Waals surface area contributed by atoms with Gasteiger partial charge in [0.15, 0.2) is 0 Å². The summed E-state index contributed by atoms with van der Waals surface area (Å²) in [4.78, 5) is 27.6. The van der Waals surface area contributed by atoms with Crippen molar-refractivity contribution in [3.8, 4) is 0 Å². The molecule has 0 spiro atoms. The van der Waals surface area contributed by atoms with Crippen LogP contribution in [0.2, 0.25) is 0 Å². The van der Waals surface area contributed by atoms with Gasteiger partial charge in [-0.1, -0.05) is 30.3 Å². The Morgan fingerprint density at radius 2 is 1.96 bits per heavy atom. The van der Waals surface area contributed by atoms with Crippen LogP contribution in [0.25, 0.3) is 0 Å². The Balaban J connectivity index is 1.81. The van der Waals surface area contributed by atoms with Crippen LogP contribution >= 0.6 is 0 Å². The molecule has 1 saturated heterocycles. The van der Waals surface area contributed by atoms with Crippen molar-refractivity contribution in [1.82, 2.24) is 19.8 Å². The summed E-state index contributed by atoms with van der Waals surface area (Å²) in [5.41, 5.74) is 1.04. The SMILES string of the molecule is CC1CN(C(C(=O)N(C)C)c2ccccc2)CCN1c1cnccn1. The fourth-order valence-corrected chi connectivity index (χ4v) is 3.39. The quantitative estimate of drug-likeness (QED) is 0.850. The number of hydrogen-bond donors (Lipinski definition) is 0. The number of likely N-dealkylation sites (N-methyl/N-ethyl adjacent to an activating group) is 1. The Morgan fingerprint density at radius 3 is 2.56 bits per heavy atom. The number of benzene rings is 1. The third-order valence-electron chi connectivity index (χ3n) is 4.66. The molecular weight excluding hydrogens is 314 g/mol. The van der Waals surface area contributed by atoms with Gasteiger partial charge in [-0.05, 0) is 12.5 Å². The zero-order chi connectivity index (χ0) is 17.8. The van der Waals surface area contributed by atoms with Crippen molar-refractivity contribution < 1.29 is 4.79 Å². The molecular formula is C19H25N5O. The first-order valence-corrected chi connectivity index (χ1v) is 8.60. The molecule has 0 radical (unpaired) electrons. The molecule has 0 aliphatic carbocycles. The van der Waals surface area contributed by atoms with Gasteiger partial charge in [-0.2, -0.15) is 0 Å². The third kappa shape index (κ3) is 3.79. The molecule has 1 amide bonds. The first-order chi connectivity index (χ1) is 12.1. The number of carbonyl (C=O) groups excluding carboxylic acids is 1. The van der Waals surface area contributed by atoms with Gasteiger partial charge in [0.1, 0.15) is 11.9 Å². The van der Waals surface area contributed by atoms with Crippen LogP contribution in [0, 0.1) is 0 Å². The molecule has 1 aliphatic heterocycles. The number of amides is 1. The molecule has 6 heteroatoms. The van der Waals surface area contributed by atoms with Crippen molar-refractivity contribution in [1.29, 1.82) is 0 Å². The number of anilines is 1. The van der Waals surface area contributed by atoms with Gasteiger partial charge in [-0.25, -0.2) is 4.98 Å². The van der Waals surface area contributed by atoms with Crippen LogP contribution in [-0.2, 0) is 4.79 Å². The highest BCUT2D eigenvalue weighted by Gasteiger charge is 2.34. The molecule has 2 unspecified atom stereocenters. The van der Waals surface area contributed by atoms with Crippen LogP contribution in [0.3, 0.4) is 0 Å². The molecule has 2 heterocycles. The fraction of sp³-hybridized carbons (Fsp3) is 0.421. The molecule has 0 bridgehead atoms. The molecule has 1 aliphatic rings. The Hall–Kier alpha value is -2.47. The molecule has 0 N–H and O–H groups in total. The van der Waals surface area contributed by atoms with Crippen molar-refractivity contribution in [2.75, 3.05) is 38.6 Å². The van der Waals surface area contributed by atoms with Gasteiger partial charge in [-0.15, -0.1) is 0 Å². The first-order valence-electron chi connectivity index (χ1n) is 8.60. The number of rotatable bonds is 4. The second-order valence-electron chi connectivity index (χ2n) is 6.65. The Bertz CT molecular complexity index is 691. The molecule has 2 atom stereocenters. The lowest BCUT2D eigenvalue weighted by molar-refractivity contribution is -0.135. The van der Waals surface area contributed by atoms with Crippen LogP contribution in [0.15, 0.2) is 48.9 Å². The van der Waals surface area contributed by atoms with E-state index in [1.807, 2.05) is 44.4 Å². The van der Waals surface area contributed by atoms with Crippen molar-refractivity contribution in [2.45, 2.75) is 19.0 Å². The molecule has 6 nitrogen and oxygen atoms in total. The van der Waals surface area contributed by atoms with Gasteiger partial charge >= 0.3 is 0 Å². The van der Waals surface area contributed by atoms with E-state index >= 15 is 0 Å². The zero-order valence-electron chi connectivity index (χ0n) is 15.0. The predicted molar refractivity (Wildman–Crippen MR) is 98.3 cm³/mol. The normalized spacial score (nSPS) is 19.5. The lowest BCUT2D eigenvalue weighted by Crippen LogP contribution is -2.55. The molecule has 0 saturated carbocycles. The number of hydrogen-bond acceptors (Lipinski definition) is 5. The molecule has 1 fully saturated rings. The maximum atomic E-state index is 12.8. The summed E-state index contributed by atoms with van der Waals surface area (Å²) in [7, 11) is 3.63. The summed E-state index contributed by atoms with van der Waals surface area (Å²) < 4.78 is 0. The summed E-state index contributed by atoms with van der Waals surface area (Å²) in [6.07, 6.45) is 5.20. The summed E-state index contributed by atoms with van der Waals surface area (Å²) in [5, 5.41) is 0. The van der Waals surface area contributed by atoms with E-state index in [4.69, 9.17) is 0 Å². The van der Waals surface area contributed by atoms with Crippen molar-refractivity contribution in [3.05, 3.63) is 54.5 Å². The molecule has 3 rings (SSSR count). The minimum absolute atomic E-state index is 0.117. The topological polar surface area (TPSA) is 52.6 Å². The van der Waals surface area contributed by atoms with E-state index in [0.717, 1.165) is 31.0 Å². The minimum atomic E-state index is -0.248. The van der Waals surface area contributed by atoms with Gasteiger partial charge in [-0.3, -0.25) is 14.7 Å². The number of aromatic nitrogens is 2. The van der Waals surface area contributed by atoms with Crippen LogP contribution in [0.4, 0.5) is 5.82 Å². The summed E-state index contributed by atoms with van der Waals surface area (Å²) in [6, 6.07) is 10.0. The van der Waals surface area contributed by atoms with Gasteiger partial charge in [0, 0.05) is 52.2 Å². The highest BCUT2D eigenvalue weighted by atomic mass is 16.2. The monoisotopic (exact) mass is 339 g/mol. The smallest absolute Gasteiger partial charge is 0.244 e. The Morgan fingerprint density at radius 1 is 1.20 bits per heavy atom. The van der Waals surface area contributed by atoms with E-state index in [9.17, 15) is 4.79 Å². The van der Waals surface area contributed by atoms with Gasteiger partial charge in [0.25, 0.3) is 0 Å². The van der Waals surface area contributed by atoms with E-state index in [1.165, 1.54) is 0 Å². The molecule has 1 aromatic carbocycles. The highest BCUT2D eigenvalue weighted by molar-refractivity contribution is 5.83. The van der Waals surface area contributed by atoms with Crippen LogP contribution in [0.1, 0.15) is 18.5 Å². The standard InChI is InChI=1S/C19H25N5O/c1-15-14-23(11-12-24(15)17-13-20-9-10-21-17)18(19(25)22(2)3)16-7-5-4-6-8-16/h4-10,13,15,18H,11-12,14H2,1-3H3. The van der Waals surface area contributed by atoms with E-state index in [2.05, 4.69) is 26.7 Å². The van der Waals surface area contributed by atoms with Crippen LogP contribution < -0.4 is 4.90 Å². The van der Waals surface area contributed by atoms with Crippen LogP contribution in [0.5, 0.6) is 0 Å². The van der Waals surface area contributed by atoms with E-state index in [1.54, 1.807) is 23.5 Å². The average molecular weight is 339 g/mol. The van der Waals surface area contributed by atoms with E-state index < -0.39 is 0 Å². The predicted octanol–water partition coefficient (Wildman–Crippen LogP) is 1.82. The summed E-state index contributed by atoms with van der Waals surface area (Å²) in [6.45, 7) is 4.60. The van der Waals surface area contributed by atoms with E-state index in [0.29, 0.717) is 0 Å². The van der Waals surface area contributed by atoms with Gasteiger partial charge in [0.05, 0.1) is 6.20 Å². The second kappa shape index (κ2) is 7.61. The van der Waals surface area contributed by atoms with Crippen molar-refractivity contribution in [3.63, 3.8) is 0 Å². The molecule has 1 aromatic heterocycles. The number of piperazine rings is 1. The maximum absolute atomic E-state index is 12.8. The fourth-order valence-electron chi connectivity index (χ4n) is 3.39. The summed E-state index contributed by atoms with van der Waals surface area (Å²) >= 11 is 0. The molecule has 2 aromatic rings. The Kier molecular flexibility index (Phi) is 5.28. The zero-order valence-corrected chi connectivity index (χ0v) is 15.0. The van der Waals surface area contributed by atoms with Gasteiger partial charge in [0.2, 0.25) is 5.91 Å². The van der Waals surface area contributed by atoms with Crippen LogP contribution in [-0.4, -0.2) is 65.4 Å². The van der Waals surface area contributed by atoms with Gasteiger partial charge < -0.3 is 9.80 Å². The maximum Gasteiger partial charge on any atom is 0.244 e. The third-order valence-corrected chi connectivity index (χ3v) is 4.66. The minimum Gasteiger partial charge on any atom is -0.350 e. The largest absolute Gasteiger partial charge is 0.350 e.